The van der Waals surface area contributed by atoms with Crippen LogP contribution in [0.25, 0.3) is 0 Å². The minimum atomic E-state index is 0.402. The Hall–Kier alpha value is -1.23. The molecule has 2 aromatic rings. The average molecular weight is 399 g/mol. The third-order valence-electron chi connectivity index (χ3n) is 3.32. The van der Waals surface area contributed by atoms with Crippen molar-refractivity contribution in [3.8, 4) is 11.5 Å². The van der Waals surface area contributed by atoms with Gasteiger partial charge in [-0.05, 0) is 37.2 Å². The molecule has 23 heavy (non-hydrogen) atoms. The summed E-state index contributed by atoms with van der Waals surface area (Å²) in [5.74, 6) is 1.45. The highest BCUT2D eigenvalue weighted by Gasteiger charge is 2.11. The predicted molar refractivity (Wildman–Crippen MR) is 98.5 cm³/mol. The van der Waals surface area contributed by atoms with E-state index < -0.39 is 0 Å². The number of halogens is 2. The minimum Gasteiger partial charge on any atom is -0.490 e. The van der Waals surface area contributed by atoms with Crippen LogP contribution in [-0.4, -0.2) is 13.2 Å². The van der Waals surface area contributed by atoms with Gasteiger partial charge in [0, 0.05) is 21.6 Å². The van der Waals surface area contributed by atoms with Crippen LogP contribution in [0.15, 0.2) is 40.9 Å². The van der Waals surface area contributed by atoms with Crippen LogP contribution >= 0.6 is 27.5 Å². The van der Waals surface area contributed by atoms with Crippen molar-refractivity contribution in [2.75, 3.05) is 13.2 Å². The lowest BCUT2D eigenvalue weighted by Gasteiger charge is -2.15. The Bertz CT molecular complexity index is 649. The lowest BCUT2D eigenvalue weighted by molar-refractivity contribution is 0.269. The Balaban J connectivity index is 2.19. The van der Waals surface area contributed by atoms with E-state index in [0.717, 1.165) is 34.4 Å². The Kier molecular flexibility index (Phi) is 7.21. The van der Waals surface area contributed by atoms with Crippen molar-refractivity contribution >= 4 is 27.5 Å². The van der Waals surface area contributed by atoms with Crippen molar-refractivity contribution < 1.29 is 9.47 Å². The Labute approximate surface area is 151 Å². The fraction of sp³-hybridized carbons (Fsp3) is 0.333. The van der Waals surface area contributed by atoms with Crippen molar-refractivity contribution in [1.82, 2.24) is 5.32 Å². The number of benzene rings is 2. The maximum absolute atomic E-state index is 6.18. The van der Waals surface area contributed by atoms with Gasteiger partial charge in [0.05, 0.1) is 6.61 Å². The van der Waals surface area contributed by atoms with Gasteiger partial charge in [-0.1, -0.05) is 52.7 Å². The molecule has 0 bridgehead atoms. The molecule has 0 fully saturated rings. The van der Waals surface area contributed by atoms with Crippen LogP contribution in [-0.2, 0) is 13.2 Å². The van der Waals surface area contributed by atoms with Gasteiger partial charge in [-0.25, -0.2) is 0 Å². The molecule has 0 saturated carbocycles. The van der Waals surface area contributed by atoms with E-state index in [9.17, 15) is 0 Å². The first-order chi connectivity index (χ1) is 11.2. The predicted octanol–water partition coefficient (Wildman–Crippen LogP) is 5.19. The number of rotatable bonds is 8. The zero-order valence-corrected chi connectivity index (χ0v) is 15.7. The van der Waals surface area contributed by atoms with E-state index in [4.69, 9.17) is 21.1 Å². The standard InChI is InChI=1S/C18H21BrClNO2/c1-3-21-11-14-9-17(22-4-2)18(10-15(14)19)23-12-13-7-5-6-8-16(13)20/h5-10,21H,3-4,11-12H2,1-2H3. The molecule has 0 aliphatic heterocycles. The van der Waals surface area contributed by atoms with Gasteiger partial charge >= 0.3 is 0 Å². The van der Waals surface area contributed by atoms with Crippen molar-refractivity contribution in [3.05, 3.63) is 57.0 Å². The SMILES string of the molecule is CCNCc1cc(OCC)c(OCc2ccccc2Cl)cc1Br. The first-order valence-corrected chi connectivity index (χ1v) is 8.85. The fourth-order valence-electron chi connectivity index (χ4n) is 2.12. The lowest BCUT2D eigenvalue weighted by atomic mass is 10.2. The zero-order chi connectivity index (χ0) is 16.7. The zero-order valence-electron chi connectivity index (χ0n) is 13.4. The van der Waals surface area contributed by atoms with Gasteiger partial charge in [0.15, 0.2) is 11.5 Å². The monoisotopic (exact) mass is 397 g/mol. The molecule has 0 saturated heterocycles. The van der Waals surface area contributed by atoms with Crippen molar-refractivity contribution in [1.29, 1.82) is 0 Å². The third kappa shape index (κ3) is 5.13. The summed E-state index contributed by atoms with van der Waals surface area (Å²) >= 11 is 9.78. The van der Waals surface area contributed by atoms with E-state index in [1.165, 1.54) is 0 Å². The Morgan fingerprint density at radius 3 is 2.48 bits per heavy atom. The largest absolute Gasteiger partial charge is 0.490 e. The fourth-order valence-corrected chi connectivity index (χ4v) is 2.78. The molecule has 3 nitrogen and oxygen atoms in total. The molecule has 0 unspecified atom stereocenters. The summed E-state index contributed by atoms with van der Waals surface area (Å²) in [6.07, 6.45) is 0. The van der Waals surface area contributed by atoms with Crippen LogP contribution in [0.2, 0.25) is 5.02 Å². The van der Waals surface area contributed by atoms with Gasteiger partial charge in [-0.2, -0.15) is 0 Å². The molecule has 1 N–H and O–H groups in total. The van der Waals surface area contributed by atoms with E-state index in [0.29, 0.717) is 24.0 Å². The molecule has 2 aromatic carbocycles. The summed E-state index contributed by atoms with van der Waals surface area (Å²) in [7, 11) is 0. The van der Waals surface area contributed by atoms with Gasteiger partial charge in [0.2, 0.25) is 0 Å². The van der Waals surface area contributed by atoms with Gasteiger partial charge < -0.3 is 14.8 Å². The van der Waals surface area contributed by atoms with E-state index in [-0.39, 0.29) is 0 Å². The van der Waals surface area contributed by atoms with Crippen LogP contribution in [0.4, 0.5) is 0 Å². The number of nitrogens with one attached hydrogen (secondary N) is 1. The molecule has 5 heteroatoms. The van der Waals surface area contributed by atoms with E-state index in [1.54, 1.807) is 0 Å². The topological polar surface area (TPSA) is 30.5 Å². The lowest BCUT2D eigenvalue weighted by Crippen LogP contribution is -2.12. The quantitative estimate of drug-likeness (QED) is 0.664. The average Bonchev–Trinajstić information content (AvgIpc) is 2.55. The highest BCUT2D eigenvalue weighted by molar-refractivity contribution is 9.10. The summed E-state index contributed by atoms with van der Waals surface area (Å²) in [4.78, 5) is 0. The molecular formula is C18H21BrClNO2. The molecule has 0 radical (unpaired) electrons. The summed E-state index contributed by atoms with van der Waals surface area (Å²) < 4.78 is 12.7. The van der Waals surface area contributed by atoms with Gasteiger partial charge in [0.1, 0.15) is 6.61 Å². The van der Waals surface area contributed by atoms with Gasteiger partial charge in [-0.15, -0.1) is 0 Å². The second kappa shape index (κ2) is 9.16. The van der Waals surface area contributed by atoms with Gasteiger partial charge in [-0.3, -0.25) is 0 Å². The smallest absolute Gasteiger partial charge is 0.162 e. The maximum atomic E-state index is 6.18. The van der Waals surface area contributed by atoms with E-state index in [2.05, 4.69) is 28.2 Å². The second-order valence-electron chi connectivity index (χ2n) is 4.98. The molecule has 0 aromatic heterocycles. The van der Waals surface area contributed by atoms with Crippen LogP contribution in [0.5, 0.6) is 11.5 Å². The molecule has 0 atom stereocenters. The maximum Gasteiger partial charge on any atom is 0.162 e. The summed E-state index contributed by atoms with van der Waals surface area (Å²) in [5, 5.41) is 4.02. The number of hydrogen-bond acceptors (Lipinski definition) is 3. The number of ether oxygens (including phenoxy) is 2. The van der Waals surface area contributed by atoms with E-state index in [1.807, 2.05) is 43.3 Å². The highest BCUT2D eigenvalue weighted by atomic mass is 79.9. The second-order valence-corrected chi connectivity index (χ2v) is 6.25. The van der Waals surface area contributed by atoms with Crippen LogP contribution < -0.4 is 14.8 Å². The molecule has 124 valence electrons. The molecule has 0 spiro atoms. The van der Waals surface area contributed by atoms with Crippen LogP contribution in [0, 0.1) is 0 Å². The molecule has 0 amide bonds. The molecule has 0 aliphatic rings. The van der Waals surface area contributed by atoms with E-state index >= 15 is 0 Å². The Morgan fingerprint density at radius 1 is 1.04 bits per heavy atom. The molecule has 0 heterocycles. The van der Waals surface area contributed by atoms with Crippen molar-refractivity contribution in [3.63, 3.8) is 0 Å². The molecular weight excluding hydrogens is 378 g/mol. The third-order valence-corrected chi connectivity index (χ3v) is 4.43. The van der Waals surface area contributed by atoms with Crippen molar-refractivity contribution in [2.24, 2.45) is 0 Å². The summed E-state index contributed by atoms with van der Waals surface area (Å²) in [6.45, 7) is 6.73. The Morgan fingerprint density at radius 2 is 1.78 bits per heavy atom. The first-order valence-electron chi connectivity index (χ1n) is 7.67. The van der Waals surface area contributed by atoms with Crippen LogP contribution in [0.1, 0.15) is 25.0 Å². The minimum absolute atomic E-state index is 0.402. The van der Waals surface area contributed by atoms with Gasteiger partial charge in [0.25, 0.3) is 0 Å². The van der Waals surface area contributed by atoms with Crippen molar-refractivity contribution in [2.45, 2.75) is 27.0 Å². The summed E-state index contributed by atoms with van der Waals surface area (Å²) in [6, 6.07) is 11.6. The summed E-state index contributed by atoms with van der Waals surface area (Å²) in [5.41, 5.74) is 2.09. The first kappa shape index (κ1) is 18.1. The molecule has 2 rings (SSSR count). The normalized spacial score (nSPS) is 10.6. The molecule has 0 aliphatic carbocycles. The van der Waals surface area contributed by atoms with Crippen LogP contribution in [0.3, 0.4) is 0 Å². The highest BCUT2D eigenvalue weighted by Crippen LogP contribution is 2.34. The number of hydrogen-bond donors (Lipinski definition) is 1.